The average Bonchev–Trinajstić information content (AvgIpc) is 2.61. The van der Waals surface area contributed by atoms with E-state index in [0.29, 0.717) is 5.69 Å². The summed E-state index contributed by atoms with van der Waals surface area (Å²) in [7, 11) is 0. The number of amides is 1. The van der Waals surface area contributed by atoms with Crippen LogP contribution in [0.3, 0.4) is 0 Å². The van der Waals surface area contributed by atoms with E-state index in [1.165, 1.54) is 6.33 Å². The fourth-order valence-corrected chi connectivity index (χ4v) is 2.64. The lowest BCUT2D eigenvalue weighted by molar-refractivity contribution is 0.0914. The number of nitrogens with zero attached hydrogens (tertiary/aromatic N) is 6. The Morgan fingerprint density at radius 1 is 1.00 bits per heavy atom. The summed E-state index contributed by atoms with van der Waals surface area (Å²) in [4.78, 5) is 33.6. The summed E-state index contributed by atoms with van der Waals surface area (Å²) in [5.74, 6) is 1.32. The maximum atomic E-state index is 12.3. The van der Waals surface area contributed by atoms with Gasteiger partial charge in [0.1, 0.15) is 17.8 Å². The third kappa shape index (κ3) is 4.40. The van der Waals surface area contributed by atoms with Gasteiger partial charge in [0, 0.05) is 50.2 Å². The number of carbonyl (C=O) groups is 1. The van der Waals surface area contributed by atoms with Crippen molar-refractivity contribution < 1.29 is 4.79 Å². The highest BCUT2D eigenvalue weighted by atomic mass is 16.2. The monoisotopic (exact) mass is 341 g/mol. The van der Waals surface area contributed by atoms with Crippen molar-refractivity contribution >= 4 is 17.7 Å². The van der Waals surface area contributed by atoms with Crippen molar-refractivity contribution in [2.45, 2.75) is 26.3 Å². The van der Waals surface area contributed by atoms with E-state index >= 15 is 0 Å². The van der Waals surface area contributed by atoms with Gasteiger partial charge >= 0.3 is 0 Å². The average molecular weight is 341 g/mol. The van der Waals surface area contributed by atoms with Gasteiger partial charge in [0.15, 0.2) is 0 Å². The Labute approximate surface area is 147 Å². The Balaban J connectivity index is 1.66. The van der Waals surface area contributed by atoms with Gasteiger partial charge < -0.3 is 15.1 Å². The van der Waals surface area contributed by atoms with Gasteiger partial charge in [-0.05, 0) is 26.8 Å². The van der Waals surface area contributed by atoms with Crippen molar-refractivity contribution in [1.29, 1.82) is 0 Å². The fraction of sp³-hybridized carbons (Fsp3) is 0.471. The van der Waals surface area contributed by atoms with Crippen LogP contribution in [0.4, 0.5) is 11.8 Å². The maximum Gasteiger partial charge on any atom is 0.270 e. The number of nitrogens with one attached hydrogen (secondary N) is 1. The van der Waals surface area contributed by atoms with Gasteiger partial charge in [-0.15, -0.1) is 0 Å². The summed E-state index contributed by atoms with van der Waals surface area (Å²) in [6.07, 6.45) is 4.94. The van der Waals surface area contributed by atoms with Crippen molar-refractivity contribution in [1.82, 2.24) is 25.3 Å². The lowest BCUT2D eigenvalue weighted by atomic mass is 10.1. The Morgan fingerprint density at radius 2 is 1.64 bits per heavy atom. The van der Waals surface area contributed by atoms with E-state index in [-0.39, 0.29) is 11.4 Å². The van der Waals surface area contributed by atoms with Gasteiger partial charge in [-0.2, -0.15) is 0 Å². The molecule has 1 amide bonds. The van der Waals surface area contributed by atoms with Crippen molar-refractivity contribution in [3.8, 4) is 0 Å². The molecule has 3 rings (SSSR count). The predicted molar refractivity (Wildman–Crippen MR) is 95.7 cm³/mol. The van der Waals surface area contributed by atoms with Gasteiger partial charge in [-0.3, -0.25) is 4.79 Å². The molecule has 1 N–H and O–H groups in total. The van der Waals surface area contributed by atoms with Crippen LogP contribution in [0.15, 0.2) is 30.9 Å². The normalized spacial score (nSPS) is 15.2. The molecule has 8 heteroatoms. The minimum atomic E-state index is -0.302. The second-order valence-corrected chi connectivity index (χ2v) is 6.99. The zero-order chi connectivity index (χ0) is 17.9. The molecule has 0 unspecified atom stereocenters. The van der Waals surface area contributed by atoms with E-state index < -0.39 is 0 Å². The SMILES string of the molecule is CC(C)(C)NC(=O)c1cc(N2CCN(c3ncccn3)CC2)ncn1. The third-order valence-electron chi connectivity index (χ3n) is 3.81. The summed E-state index contributed by atoms with van der Waals surface area (Å²) in [6.45, 7) is 9.01. The zero-order valence-electron chi connectivity index (χ0n) is 14.8. The van der Waals surface area contributed by atoms with Crippen molar-refractivity contribution in [3.63, 3.8) is 0 Å². The Morgan fingerprint density at radius 3 is 2.28 bits per heavy atom. The van der Waals surface area contributed by atoms with Crippen LogP contribution in [0.25, 0.3) is 0 Å². The molecule has 0 spiro atoms. The predicted octanol–water partition coefficient (Wildman–Crippen LogP) is 1.12. The smallest absolute Gasteiger partial charge is 0.270 e. The summed E-state index contributed by atoms with van der Waals surface area (Å²) >= 11 is 0. The van der Waals surface area contributed by atoms with Gasteiger partial charge in [-0.25, -0.2) is 19.9 Å². The molecule has 1 aliphatic heterocycles. The number of aromatic nitrogens is 4. The maximum absolute atomic E-state index is 12.3. The third-order valence-corrected chi connectivity index (χ3v) is 3.81. The number of piperazine rings is 1. The summed E-state index contributed by atoms with van der Waals surface area (Å²) in [6, 6.07) is 3.56. The lowest BCUT2D eigenvalue weighted by Crippen LogP contribution is -2.47. The highest BCUT2D eigenvalue weighted by molar-refractivity contribution is 5.93. The molecule has 132 valence electrons. The summed E-state index contributed by atoms with van der Waals surface area (Å²) < 4.78 is 0. The van der Waals surface area contributed by atoms with E-state index in [1.54, 1.807) is 18.5 Å². The molecule has 1 saturated heterocycles. The molecule has 0 atom stereocenters. The van der Waals surface area contributed by atoms with E-state index in [4.69, 9.17) is 0 Å². The van der Waals surface area contributed by atoms with Crippen molar-refractivity contribution in [2.75, 3.05) is 36.0 Å². The van der Waals surface area contributed by atoms with Crippen LogP contribution in [0.1, 0.15) is 31.3 Å². The molecule has 0 aliphatic carbocycles. The largest absolute Gasteiger partial charge is 0.353 e. The van der Waals surface area contributed by atoms with Crippen LogP contribution in [-0.2, 0) is 0 Å². The standard InChI is InChI=1S/C17H23N7O/c1-17(2,3)22-15(25)13-11-14(21-12-20-13)23-7-9-24(10-8-23)16-18-5-4-6-19-16/h4-6,11-12H,7-10H2,1-3H3,(H,22,25). The van der Waals surface area contributed by atoms with Crippen LogP contribution >= 0.6 is 0 Å². The highest BCUT2D eigenvalue weighted by Gasteiger charge is 2.22. The topological polar surface area (TPSA) is 87.1 Å². The Kier molecular flexibility index (Phi) is 4.78. The molecular formula is C17H23N7O. The number of carbonyl (C=O) groups excluding carboxylic acids is 1. The van der Waals surface area contributed by atoms with E-state index in [9.17, 15) is 4.79 Å². The van der Waals surface area contributed by atoms with Crippen molar-refractivity contribution in [2.24, 2.45) is 0 Å². The number of rotatable bonds is 3. The molecule has 0 bridgehead atoms. The van der Waals surface area contributed by atoms with E-state index in [1.807, 2.05) is 26.8 Å². The molecule has 2 aromatic heterocycles. The number of hydrogen-bond donors (Lipinski definition) is 1. The molecule has 8 nitrogen and oxygen atoms in total. The fourth-order valence-electron chi connectivity index (χ4n) is 2.64. The minimum Gasteiger partial charge on any atom is -0.353 e. The van der Waals surface area contributed by atoms with Crippen LogP contribution in [-0.4, -0.2) is 57.6 Å². The van der Waals surface area contributed by atoms with Gasteiger partial charge in [0.05, 0.1) is 0 Å². The van der Waals surface area contributed by atoms with Crippen LogP contribution in [0.2, 0.25) is 0 Å². The molecule has 3 heterocycles. The van der Waals surface area contributed by atoms with Gasteiger partial charge in [0.25, 0.3) is 5.91 Å². The molecule has 0 saturated carbocycles. The van der Waals surface area contributed by atoms with E-state index in [0.717, 1.165) is 37.9 Å². The van der Waals surface area contributed by atoms with E-state index in [2.05, 4.69) is 35.1 Å². The Hall–Kier alpha value is -2.77. The van der Waals surface area contributed by atoms with Crippen molar-refractivity contribution in [3.05, 3.63) is 36.5 Å². The summed E-state index contributed by atoms with van der Waals surface area (Å²) in [5, 5.41) is 2.92. The van der Waals surface area contributed by atoms with Gasteiger partial charge in [-0.1, -0.05) is 0 Å². The lowest BCUT2D eigenvalue weighted by Gasteiger charge is -2.35. The van der Waals surface area contributed by atoms with Crippen LogP contribution in [0.5, 0.6) is 0 Å². The number of hydrogen-bond acceptors (Lipinski definition) is 7. The molecule has 25 heavy (non-hydrogen) atoms. The van der Waals surface area contributed by atoms with Gasteiger partial charge in [0.2, 0.25) is 5.95 Å². The molecule has 2 aromatic rings. The molecule has 1 fully saturated rings. The summed E-state index contributed by atoms with van der Waals surface area (Å²) in [5.41, 5.74) is 0.0810. The first-order chi connectivity index (χ1) is 11.9. The molecular weight excluding hydrogens is 318 g/mol. The first-order valence-electron chi connectivity index (χ1n) is 8.34. The minimum absolute atomic E-state index is 0.188. The van der Waals surface area contributed by atoms with Crippen LogP contribution in [0, 0.1) is 0 Å². The first-order valence-corrected chi connectivity index (χ1v) is 8.34. The zero-order valence-corrected chi connectivity index (χ0v) is 14.8. The highest BCUT2D eigenvalue weighted by Crippen LogP contribution is 2.16. The van der Waals surface area contributed by atoms with Crippen LogP contribution < -0.4 is 15.1 Å². The Bertz CT molecular complexity index is 721. The molecule has 1 aliphatic rings. The second-order valence-electron chi connectivity index (χ2n) is 6.99. The molecule has 0 radical (unpaired) electrons. The quantitative estimate of drug-likeness (QED) is 0.895. The first kappa shape index (κ1) is 17.1. The number of anilines is 2. The molecule has 0 aromatic carbocycles. The second kappa shape index (κ2) is 7.00.